The van der Waals surface area contributed by atoms with Gasteiger partial charge in [-0.3, -0.25) is 0 Å². The van der Waals surface area contributed by atoms with Gasteiger partial charge < -0.3 is 24.6 Å². The first-order valence-corrected chi connectivity index (χ1v) is 9.86. The number of hydrogen-bond donors (Lipinski definition) is 2. The van der Waals surface area contributed by atoms with Crippen molar-refractivity contribution in [2.24, 2.45) is 0 Å². The third-order valence-corrected chi connectivity index (χ3v) is 4.69. The molecule has 2 aromatic rings. The first kappa shape index (κ1) is 22.1. The number of fused-ring (bicyclic) bond motifs is 3. The standard InChI is InChI=1S/C23H25NO7/c1-23(2,3)31-21(27)24-19(20(25)26)13-30-22(28)29-12-18-16-10-6-4-8-14(16)15-9-5-7-11-17(15)18/h4-11,18-19H,12-13H2,1-3H3,(H,24,27)(H,25,26)/t19-/m0/s1. The van der Waals surface area contributed by atoms with E-state index in [1.165, 1.54) is 0 Å². The first-order chi connectivity index (χ1) is 14.7. The number of benzene rings is 2. The fourth-order valence-electron chi connectivity index (χ4n) is 3.41. The molecule has 0 saturated heterocycles. The Hall–Kier alpha value is -3.55. The van der Waals surface area contributed by atoms with Crippen LogP contribution in [0.3, 0.4) is 0 Å². The Morgan fingerprint density at radius 3 is 2.03 bits per heavy atom. The van der Waals surface area contributed by atoms with Gasteiger partial charge in [0.1, 0.15) is 18.8 Å². The Morgan fingerprint density at radius 1 is 0.968 bits per heavy atom. The molecule has 0 heterocycles. The number of alkyl carbamates (subject to hydrolysis) is 1. The summed E-state index contributed by atoms with van der Waals surface area (Å²) in [7, 11) is 0. The van der Waals surface area contributed by atoms with Crippen LogP contribution in [0.2, 0.25) is 0 Å². The number of amides is 1. The van der Waals surface area contributed by atoms with E-state index < -0.39 is 36.5 Å². The molecule has 8 heteroatoms. The summed E-state index contributed by atoms with van der Waals surface area (Å²) in [4.78, 5) is 35.2. The van der Waals surface area contributed by atoms with E-state index >= 15 is 0 Å². The van der Waals surface area contributed by atoms with Gasteiger partial charge in [-0.2, -0.15) is 0 Å². The van der Waals surface area contributed by atoms with Crippen LogP contribution >= 0.6 is 0 Å². The van der Waals surface area contributed by atoms with Gasteiger partial charge in [-0.25, -0.2) is 14.4 Å². The van der Waals surface area contributed by atoms with Crippen molar-refractivity contribution in [3.05, 3.63) is 59.7 Å². The topological polar surface area (TPSA) is 111 Å². The van der Waals surface area contributed by atoms with Crippen LogP contribution in [-0.4, -0.2) is 48.2 Å². The third kappa shape index (κ3) is 5.53. The largest absolute Gasteiger partial charge is 0.508 e. The van der Waals surface area contributed by atoms with Crippen LogP contribution < -0.4 is 5.32 Å². The zero-order valence-electron chi connectivity index (χ0n) is 17.6. The number of aliphatic carboxylic acids is 1. The van der Waals surface area contributed by atoms with Crippen LogP contribution in [0.25, 0.3) is 11.1 Å². The lowest BCUT2D eigenvalue weighted by atomic mass is 9.98. The van der Waals surface area contributed by atoms with Crippen molar-refractivity contribution in [1.82, 2.24) is 5.32 Å². The molecule has 0 unspecified atom stereocenters. The van der Waals surface area contributed by atoms with E-state index in [9.17, 15) is 19.5 Å². The molecule has 1 aliphatic carbocycles. The van der Waals surface area contributed by atoms with E-state index in [1.807, 2.05) is 48.5 Å². The number of carbonyl (C=O) groups excluding carboxylic acids is 2. The van der Waals surface area contributed by atoms with Crippen molar-refractivity contribution in [2.45, 2.75) is 38.3 Å². The van der Waals surface area contributed by atoms with Gasteiger partial charge in [0.05, 0.1) is 0 Å². The quantitative estimate of drug-likeness (QED) is 0.672. The molecule has 0 radical (unpaired) electrons. The maximum atomic E-state index is 12.1. The normalized spacial score (nSPS) is 13.5. The van der Waals surface area contributed by atoms with Gasteiger partial charge >= 0.3 is 18.2 Å². The molecule has 3 rings (SSSR count). The highest BCUT2D eigenvalue weighted by molar-refractivity contribution is 5.81. The van der Waals surface area contributed by atoms with Gasteiger partial charge in [0.15, 0.2) is 6.04 Å². The third-order valence-electron chi connectivity index (χ3n) is 4.69. The summed E-state index contributed by atoms with van der Waals surface area (Å²) in [6, 6.07) is 14.3. The minimum Gasteiger partial charge on any atom is -0.480 e. The van der Waals surface area contributed by atoms with Crippen LogP contribution in [0.5, 0.6) is 0 Å². The number of carbonyl (C=O) groups is 3. The number of carboxylic acid groups (broad SMARTS) is 1. The average molecular weight is 427 g/mol. The minimum absolute atomic E-state index is 0.0457. The SMILES string of the molecule is CC(C)(C)OC(=O)N[C@@H](COC(=O)OCC1c2ccccc2-c2ccccc21)C(=O)O. The van der Waals surface area contributed by atoms with Crippen LogP contribution in [0.1, 0.15) is 37.8 Å². The molecule has 8 nitrogen and oxygen atoms in total. The number of rotatable bonds is 6. The number of ether oxygens (including phenoxy) is 3. The molecule has 0 aliphatic heterocycles. The van der Waals surface area contributed by atoms with Crippen molar-refractivity contribution in [3.8, 4) is 11.1 Å². The molecule has 2 aromatic carbocycles. The molecule has 0 aromatic heterocycles. The molecule has 0 spiro atoms. The summed E-state index contributed by atoms with van der Waals surface area (Å²) in [6.07, 6.45) is -1.94. The summed E-state index contributed by atoms with van der Waals surface area (Å²) in [5, 5.41) is 11.4. The number of nitrogens with one attached hydrogen (secondary N) is 1. The lowest BCUT2D eigenvalue weighted by molar-refractivity contribution is -0.140. The lowest BCUT2D eigenvalue weighted by Gasteiger charge is -2.22. The predicted molar refractivity (Wildman–Crippen MR) is 112 cm³/mol. The Morgan fingerprint density at radius 2 is 1.52 bits per heavy atom. The first-order valence-electron chi connectivity index (χ1n) is 9.86. The smallest absolute Gasteiger partial charge is 0.480 e. The zero-order valence-corrected chi connectivity index (χ0v) is 17.6. The van der Waals surface area contributed by atoms with E-state index in [0.717, 1.165) is 22.3 Å². The summed E-state index contributed by atoms with van der Waals surface area (Å²) >= 11 is 0. The lowest BCUT2D eigenvalue weighted by Crippen LogP contribution is -2.46. The molecule has 1 amide bonds. The Labute approximate surface area is 180 Å². The van der Waals surface area contributed by atoms with Crippen molar-refractivity contribution in [3.63, 3.8) is 0 Å². The van der Waals surface area contributed by atoms with Gasteiger partial charge in [0.2, 0.25) is 0 Å². The monoisotopic (exact) mass is 427 g/mol. The minimum atomic E-state index is -1.46. The van der Waals surface area contributed by atoms with E-state index in [1.54, 1.807) is 20.8 Å². The molecular formula is C23H25NO7. The number of hydrogen-bond acceptors (Lipinski definition) is 6. The van der Waals surface area contributed by atoms with Gasteiger partial charge in [-0.05, 0) is 43.0 Å². The summed E-state index contributed by atoms with van der Waals surface area (Å²) in [5.74, 6) is -1.51. The predicted octanol–water partition coefficient (Wildman–Crippen LogP) is 3.93. The second-order valence-corrected chi connectivity index (χ2v) is 8.14. The Bertz CT molecular complexity index is 934. The molecule has 31 heavy (non-hydrogen) atoms. The fourth-order valence-corrected chi connectivity index (χ4v) is 3.41. The molecule has 1 atom stereocenters. The fraction of sp³-hybridized carbons (Fsp3) is 0.348. The van der Waals surface area contributed by atoms with Crippen molar-refractivity contribution in [2.75, 3.05) is 13.2 Å². The van der Waals surface area contributed by atoms with Crippen LogP contribution in [0, 0.1) is 0 Å². The van der Waals surface area contributed by atoms with E-state index in [4.69, 9.17) is 14.2 Å². The molecule has 2 N–H and O–H groups in total. The molecule has 164 valence electrons. The van der Waals surface area contributed by atoms with E-state index in [2.05, 4.69) is 5.32 Å². The molecule has 0 saturated carbocycles. The maximum absolute atomic E-state index is 12.1. The van der Waals surface area contributed by atoms with Gasteiger partial charge in [0.25, 0.3) is 0 Å². The highest BCUT2D eigenvalue weighted by atomic mass is 16.7. The van der Waals surface area contributed by atoms with Gasteiger partial charge in [-0.1, -0.05) is 48.5 Å². The highest BCUT2D eigenvalue weighted by Gasteiger charge is 2.30. The van der Waals surface area contributed by atoms with Gasteiger partial charge in [-0.15, -0.1) is 0 Å². The van der Waals surface area contributed by atoms with Crippen molar-refractivity contribution < 1.29 is 33.7 Å². The summed E-state index contributed by atoms with van der Waals surface area (Å²) in [5.41, 5.74) is 3.49. The van der Waals surface area contributed by atoms with E-state index in [-0.39, 0.29) is 12.5 Å². The summed E-state index contributed by atoms with van der Waals surface area (Å²) in [6.45, 7) is 4.40. The number of carboxylic acids is 1. The van der Waals surface area contributed by atoms with Crippen molar-refractivity contribution >= 4 is 18.2 Å². The molecule has 0 fully saturated rings. The highest BCUT2D eigenvalue weighted by Crippen LogP contribution is 2.44. The van der Waals surface area contributed by atoms with Crippen LogP contribution in [0.4, 0.5) is 9.59 Å². The van der Waals surface area contributed by atoms with Gasteiger partial charge in [0, 0.05) is 5.92 Å². The second-order valence-electron chi connectivity index (χ2n) is 8.14. The molecule has 1 aliphatic rings. The van der Waals surface area contributed by atoms with Crippen LogP contribution in [0.15, 0.2) is 48.5 Å². The maximum Gasteiger partial charge on any atom is 0.508 e. The zero-order chi connectivity index (χ0) is 22.6. The Balaban J connectivity index is 1.56. The summed E-state index contributed by atoms with van der Waals surface area (Å²) < 4.78 is 15.2. The molecular weight excluding hydrogens is 402 g/mol. The van der Waals surface area contributed by atoms with Crippen molar-refractivity contribution in [1.29, 1.82) is 0 Å². The Kier molecular flexibility index (Phi) is 6.48. The molecule has 0 bridgehead atoms. The average Bonchev–Trinajstić information content (AvgIpc) is 3.02. The van der Waals surface area contributed by atoms with E-state index in [0.29, 0.717) is 0 Å². The second kappa shape index (κ2) is 9.07. The van der Waals surface area contributed by atoms with Crippen LogP contribution in [-0.2, 0) is 19.0 Å².